The van der Waals surface area contributed by atoms with Crippen molar-refractivity contribution in [3.05, 3.63) is 70.1 Å². The van der Waals surface area contributed by atoms with Gasteiger partial charge in [0.15, 0.2) is 5.82 Å². The van der Waals surface area contributed by atoms with Gasteiger partial charge in [0.1, 0.15) is 17.4 Å². The number of aromatic nitrogens is 4. The Hall–Kier alpha value is -3.42. The van der Waals surface area contributed by atoms with E-state index in [-0.39, 0.29) is 5.54 Å². The summed E-state index contributed by atoms with van der Waals surface area (Å²) in [4.78, 5) is 14.2. The van der Waals surface area contributed by atoms with Crippen LogP contribution < -0.4 is 10.6 Å². The van der Waals surface area contributed by atoms with Crippen molar-refractivity contribution in [2.45, 2.75) is 32.9 Å². The summed E-state index contributed by atoms with van der Waals surface area (Å²) >= 11 is 12.7. The Bertz CT molecular complexity index is 1510. The molecule has 1 fully saturated rings. The maximum atomic E-state index is 8.97. The minimum absolute atomic E-state index is 0.186. The molecule has 0 radical (unpaired) electrons. The van der Waals surface area contributed by atoms with Crippen molar-refractivity contribution in [3.8, 4) is 17.3 Å². The molecule has 0 amide bonds. The van der Waals surface area contributed by atoms with Crippen LogP contribution in [0.1, 0.15) is 32.0 Å². The van der Waals surface area contributed by atoms with Crippen LogP contribution in [0.2, 0.25) is 10.0 Å². The molecule has 9 nitrogen and oxygen atoms in total. The normalized spacial score (nSPS) is 14.8. The van der Waals surface area contributed by atoms with Crippen molar-refractivity contribution in [1.82, 2.24) is 29.4 Å². The van der Waals surface area contributed by atoms with Crippen molar-refractivity contribution in [2.24, 2.45) is 0 Å². The van der Waals surface area contributed by atoms with Crippen LogP contribution in [0.25, 0.3) is 16.8 Å². The molecular formula is C29H33Cl2N9. The predicted molar refractivity (Wildman–Crippen MR) is 161 cm³/mol. The number of nitriles is 1. The molecule has 11 heteroatoms. The van der Waals surface area contributed by atoms with Crippen molar-refractivity contribution < 1.29 is 0 Å². The van der Waals surface area contributed by atoms with Gasteiger partial charge < -0.3 is 10.6 Å². The van der Waals surface area contributed by atoms with Crippen molar-refractivity contribution >= 4 is 40.4 Å². The van der Waals surface area contributed by atoms with Gasteiger partial charge in [0.2, 0.25) is 0 Å². The third-order valence-corrected chi connectivity index (χ3v) is 7.58. The van der Waals surface area contributed by atoms with Gasteiger partial charge in [-0.3, -0.25) is 9.80 Å². The first-order chi connectivity index (χ1) is 19.2. The lowest BCUT2D eigenvalue weighted by molar-refractivity contribution is 0.0585. The Morgan fingerprint density at radius 2 is 1.77 bits per heavy atom. The zero-order valence-electron chi connectivity index (χ0n) is 23.0. The Balaban J connectivity index is 1.35. The minimum atomic E-state index is 0.186. The van der Waals surface area contributed by atoms with Crippen molar-refractivity contribution in [3.63, 3.8) is 0 Å². The van der Waals surface area contributed by atoms with Gasteiger partial charge in [0.25, 0.3) is 0 Å². The van der Waals surface area contributed by atoms with Crippen molar-refractivity contribution in [2.75, 3.05) is 49.9 Å². The highest BCUT2D eigenvalue weighted by atomic mass is 35.5. The number of rotatable bonds is 8. The third kappa shape index (κ3) is 6.65. The van der Waals surface area contributed by atoms with E-state index in [1.54, 1.807) is 24.4 Å². The molecule has 0 atom stereocenters. The fourth-order valence-corrected chi connectivity index (χ4v) is 5.32. The van der Waals surface area contributed by atoms with Crippen LogP contribution in [-0.2, 0) is 6.54 Å². The van der Waals surface area contributed by atoms with E-state index in [4.69, 9.17) is 38.5 Å². The molecule has 4 aromatic rings. The molecule has 5 rings (SSSR count). The first-order valence-corrected chi connectivity index (χ1v) is 14.1. The number of fused-ring (bicyclic) bond motifs is 1. The summed E-state index contributed by atoms with van der Waals surface area (Å²) in [5.41, 5.74) is 4.09. The molecular weight excluding hydrogens is 545 g/mol. The maximum absolute atomic E-state index is 8.97. The van der Waals surface area contributed by atoms with Crippen LogP contribution >= 0.6 is 23.2 Å². The van der Waals surface area contributed by atoms with E-state index in [1.807, 2.05) is 22.8 Å². The Labute approximate surface area is 244 Å². The van der Waals surface area contributed by atoms with Gasteiger partial charge >= 0.3 is 0 Å². The summed E-state index contributed by atoms with van der Waals surface area (Å²) in [6.07, 6.45) is 3.46. The topological polar surface area (TPSA) is 97.4 Å². The van der Waals surface area contributed by atoms with Crippen LogP contribution in [0.5, 0.6) is 0 Å². The Kier molecular flexibility index (Phi) is 8.43. The van der Waals surface area contributed by atoms with Crippen LogP contribution in [0, 0.1) is 11.3 Å². The van der Waals surface area contributed by atoms with Crippen LogP contribution in [0.4, 0.5) is 11.6 Å². The number of nitrogens with zero attached hydrogens (tertiary/aromatic N) is 7. The Morgan fingerprint density at radius 1 is 1.00 bits per heavy atom. The van der Waals surface area contributed by atoms with E-state index in [0.29, 0.717) is 40.2 Å². The number of hydrogen-bond donors (Lipinski definition) is 2. The van der Waals surface area contributed by atoms with Gasteiger partial charge in [0, 0.05) is 68.1 Å². The van der Waals surface area contributed by atoms with E-state index in [0.717, 1.165) is 55.3 Å². The molecule has 0 unspecified atom stereocenters. The summed E-state index contributed by atoms with van der Waals surface area (Å²) in [6.45, 7) is 12.9. The van der Waals surface area contributed by atoms with Gasteiger partial charge in [-0.2, -0.15) is 10.4 Å². The summed E-state index contributed by atoms with van der Waals surface area (Å²) < 4.78 is 1.88. The molecule has 208 valence electrons. The van der Waals surface area contributed by atoms with Crippen LogP contribution in [0.3, 0.4) is 0 Å². The second-order valence-electron chi connectivity index (χ2n) is 10.9. The van der Waals surface area contributed by atoms with Gasteiger partial charge in [-0.05, 0) is 57.2 Å². The predicted octanol–water partition coefficient (Wildman–Crippen LogP) is 5.41. The molecule has 0 spiro atoms. The van der Waals surface area contributed by atoms with E-state index in [9.17, 15) is 0 Å². The average Bonchev–Trinajstić information content (AvgIpc) is 3.33. The minimum Gasteiger partial charge on any atom is -0.368 e. The fourth-order valence-electron chi connectivity index (χ4n) is 4.82. The van der Waals surface area contributed by atoms with Gasteiger partial charge in [0.05, 0.1) is 28.2 Å². The van der Waals surface area contributed by atoms with Crippen LogP contribution in [0.15, 0.2) is 48.8 Å². The van der Waals surface area contributed by atoms with E-state index in [2.05, 4.69) is 58.3 Å². The number of pyridine rings is 1. The maximum Gasteiger partial charge on any atom is 0.152 e. The van der Waals surface area contributed by atoms with E-state index < -0.39 is 0 Å². The highest BCUT2D eigenvalue weighted by Gasteiger charge is 2.26. The molecule has 0 bridgehead atoms. The number of benzene rings is 1. The summed E-state index contributed by atoms with van der Waals surface area (Å²) in [7, 11) is 0. The zero-order valence-corrected chi connectivity index (χ0v) is 24.5. The number of anilines is 2. The first-order valence-electron chi connectivity index (χ1n) is 13.4. The standard InChI is InChI=1S/C29H33Cl2N9/c1-29(2,3)39-12-10-38(11-13-39)18-22-15-26-28(34-9-8-33-27-7-4-20(16-32)17-35-27)36-25(19-40(26)37-22)23-6-5-21(30)14-24(23)31/h4-7,14-15,17,19H,8-13,18H2,1-3H3,(H,33,35)(H,34,36). The summed E-state index contributed by atoms with van der Waals surface area (Å²) in [5.74, 6) is 1.42. The van der Waals surface area contributed by atoms with Crippen molar-refractivity contribution in [1.29, 1.82) is 5.26 Å². The Morgan fingerprint density at radius 3 is 2.45 bits per heavy atom. The molecule has 3 aromatic heterocycles. The molecule has 1 aromatic carbocycles. The van der Waals surface area contributed by atoms with Gasteiger partial charge in [-0.25, -0.2) is 14.5 Å². The van der Waals surface area contributed by atoms with E-state index >= 15 is 0 Å². The third-order valence-electron chi connectivity index (χ3n) is 7.04. The molecule has 0 aliphatic carbocycles. The highest BCUT2D eigenvalue weighted by Crippen LogP contribution is 2.31. The number of piperazine rings is 1. The zero-order chi connectivity index (χ0) is 28.3. The van der Waals surface area contributed by atoms with Gasteiger partial charge in [-0.15, -0.1) is 0 Å². The van der Waals surface area contributed by atoms with Gasteiger partial charge in [-0.1, -0.05) is 23.2 Å². The number of halogens is 2. The molecule has 1 aliphatic heterocycles. The summed E-state index contributed by atoms with van der Waals surface area (Å²) in [6, 6.07) is 13.1. The number of nitrogens with one attached hydrogen (secondary N) is 2. The quantitative estimate of drug-likeness (QED) is 0.268. The average molecular weight is 579 g/mol. The molecule has 4 heterocycles. The molecule has 1 saturated heterocycles. The second-order valence-corrected chi connectivity index (χ2v) is 11.7. The molecule has 0 saturated carbocycles. The van der Waals surface area contributed by atoms with Crippen LogP contribution in [-0.4, -0.2) is 74.2 Å². The second kappa shape index (κ2) is 12.0. The largest absolute Gasteiger partial charge is 0.368 e. The monoisotopic (exact) mass is 577 g/mol. The first kappa shape index (κ1) is 28.1. The lowest BCUT2D eigenvalue weighted by atomic mass is 10.0. The summed E-state index contributed by atoms with van der Waals surface area (Å²) in [5, 5.41) is 21.7. The SMILES string of the molecule is CC(C)(C)N1CCN(Cc2cc3c(NCCNc4ccc(C#N)cn4)nc(-c4ccc(Cl)cc4Cl)cn3n2)CC1. The molecule has 2 N–H and O–H groups in total. The lowest BCUT2D eigenvalue weighted by Gasteiger charge is -2.42. The highest BCUT2D eigenvalue weighted by molar-refractivity contribution is 6.36. The smallest absolute Gasteiger partial charge is 0.152 e. The molecule has 1 aliphatic rings. The fraction of sp³-hybridized carbons (Fsp3) is 0.379. The lowest BCUT2D eigenvalue weighted by Crippen LogP contribution is -2.53. The molecule has 40 heavy (non-hydrogen) atoms. The number of hydrogen-bond acceptors (Lipinski definition) is 8. The van der Waals surface area contributed by atoms with E-state index in [1.165, 1.54) is 0 Å².